The van der Waals surface area contributed by atoms with Crippen molar-refractivity contribution >= 4 is 17.5 Å². The van der Waals surface area contributed by atoms with Crippen molar-refractivity contribution in [1.29, 1.82) is 0 Å². The number of nitrogens with zero attached hydrogens (tertiary/aromatic N) is 2. The number of ether oxygens (including phenoxy) is 1. The highest BCUT2D eigenvalue weighted by Gasteiger charge is 2.27. The van der Waals surface area contributed by atoms with E-state index in [0.29, 0.717) is 23.7 Å². The van der Waals surface area contributed by atoms with E-state index in [1.54, 1.807) is 18.5 Å². The number of hydrogen-bond donors (Lipinski definition) is 0. The lowest BCUT2D eigenvalue weighted by molar-refractivity contribution is -0.130. The minimum absolute atomic E-state index is 0.00275. The summed E-state index contributed by atoms with van der Waals surface area (Å²) >= 11 is 6.06. The maximum absolute atomic E-state index is 12.3. The maximum Gasteiger partial charge on any atom is 0.222 e. The van der Waals surface area contributed by atoms with E-state index in [-0.39, 0.29) is 12.0 Å². The number of amides is 1. The van der Waals surface area contributed by atoms with Crippen molar-refractivity contribution in [3.8, 4) is 5.75 Å². The Morgan fingerprint density at radius 2 is 2.12 bits per heavy atom. The molecule has 2 heterocycles. The van der Waals surface area contributed by atoms with Gasteiger partial charge in [0, 0.05) is 37.8 Å². The summed E-state index contributed by atoms with van der Waals surface area (Å²) in [5, 5.41) is 0.505. The number of carbonyl (C=O) groups is 1. The van der Waals surface area contributed by atoms with Crippen molar-refractivity contribution in [3.05, 3.63) is 59.4 Å². The summed E-state index contributed by atoms with van der Waals surface area (Å²) < 4.78 is 5.89. The van der Waals surface area contributed by atoms with Gasteiger partial charge in [-0.2, -0.15) is 0 Å². The molecule has 24 heavy (non-hydrogen) atoms. The predicted octanol–water partition coefficient (Wildman–Crippen LogP) is 3.74. The fourth-order valence-electron chi connectivity index (χ4n) is 2.94. The van der Waals surface area contributed by atoms with Crippen molar-refractivity contribution < 1.29 is 9.53 Å². The molecule has 0 bridgehead atoms. The van der Waals surface area contributed by atoms with E-state index < -0.39 is 0 Å². The first-order valence-corrected chi connectivity index (χ1v) is 8.68. The molecule has 0 N–H and O–H groups in total. The Morgan fingerprint density at radius 1 is 1.29 bits per heavy atom. The van der Waals surface area contributed by atoms with Crippen LogP contribution >= 0.6 is 11.6 Å². The number of rotatable bonds is 6. The molecule has 1 saturated heterocycles. The van der Waals surface area contributed by atoms with Gasteiger partial charge in [-0.3, -0.25) is 9.78 Å². The fraction of sp³-hybridized carbons (Fsp3) is 0.368. The molecule has 5 heteroatoms. The minimum Gasteiger partial charge on any atom is -0.487 e. The molecule has 4 nitrogen and oxygen atoms in total. The van der Waals surface area contributed by atoms with Gasteiger partial charge in [-0.1, -0.05) is 41.9 Å². The molecule has 1 amide bonds. The van der Waals surface area contributed by atoms with Crippen LogP contribution in [0.1, 0.15) is 24.8 Å². The molecule has 1 aromatic carbocycles. The highest BCUT2D eigenvalue weighted by molar-refractivity contribution is 6.31. The molecule has 1 aliphatic rings. The normalized spacial score (nSPS) is 17.0. The third-order valence-corrected chi connectivity index (χ3v) is 4.51. The number of halogens is 1. The molecule has 3 rings (SSSR count). The van der Waals surface area contributed by atoms with Crippen LogP contribution in [0.3, 0.4) is 0 Å². The van der Waals surface area contributed by atoms with Gasteiger partial charge in [0.1, 0.15) is 16.9 Å². The van der Waals surface area contributed by atoms with E-state index >= 15 is 0 Å². The second kappa shape index (κ2) is 8.15. The molecule has 1 aromatic heterocycles. The number of aryl methyl sites for hydroxylation is 1. The lowest BCUT2D eigenvalue weighted by atomic mass is 10.1. The van der Waals surface area contributed by atoms with Crippen molar-refractivity contribution in [2.45, 2.75) is 31.8 Å². The molecule has 126 valence electrons. The van der Waals surface area contributed by atoms with Gasteiger partial charge in [0.25, 0.3) is 0 Å². The molecular formula is C19H21ClN2O2. The first kappa shape index (κ1) is 16.8. The zero-order valence-corrected chi connectivity index (χ0v) is 14.3. The summed E-state index contributed by atoms with van der Waals surface area (Å²) in [6.07, 6.45) is 6.46. The smallest absolute Gasteiger partial charge is 0.222 e. The number of hydrogen-bond acceptors (Lipinski definition) is 3. The topological polar surface area (TPSA) is 42.4 Å². The first-order chi connectivity index (χ1) is 11.7. The molecule has 0 spiro atoms. The maximum atomic E-state index is 12.3. The van der Waals surface area contributed by atoms with Crippen LogP contribution in [0, 0.1) is 0 Å². The standard InChI is InChI=1S/C19H21ClN2O2/c20-17-13-21-11-9-18(17)24-16-10-12-22(14-16)19(23)8-4-7-15-5-2-1-3-6-15/h1-3,5-6,9,11,13,16H,4,7-8,10,12,14H2. The van der Waals surface area contributed by atoms with Crippen LogP contribution in [0.15, 0.2) is 48.8 Å². The van der Waals surface area contributed by atoms with Crippen LogP contribution < -0.4 is 4.74 Å². The summed E-state index contributed by atoms with van der Waals surface area (Å²) in [6.45, 7) is 1.38. The zero-order chi connectivity index (χ0) is 16.8. The lowest BCUT2D eigenvalue weighted by Crippen LogP contribution is -2.30. The highest BCUT2D eigenvalue weighted by atomic mass is 35.5. The van der Waals surface area contributed by atoms with Gasteiger partial charge < -0.3 is 9.64 Å². The second-order valence-corrected chi connectivity index (χ2v) is 6.42. The number of carbonyl (C=O) groups excluding carboxylic acids is 1. The largest absolute Gasteiger partial charge is 0.487 e. The summed E-state index contributed by atoms with van der Waals surface area (Å²) in [5.74, 6) is 0.841. The summed E-state index contributed by atoms with van der Waals surface area (Å²) in [6, 6.07) is 12.0. The van der Waals surface area contributed by atoms with Gasteiger partial charge in [0.2, 0.25) is 5.91 Å². The van der Waals surface area contributed by atoms with E-state index in [2.05, 4.69) is 17.1 Å². The second-order valence-electron chi connectivity index (χ2n) is 6.01. The third kappa shape index (κ3) is 4.48. The average molecular weight is 345 g/mol. The molecule has 1 aliphatic heterocycles. The molecule has 0 radical (unpaired) electrons. The van der Waals surface area contributed by atoms with Gasteiger partial charge in [0.15, 0.2) is 0 Å². The molecule has 2 aromatic rings. The molecule has 1 atom stereocenters. The van der Waals surface area contributed by atoms with E-state index in [1.165, 1.54) is 5.56 Å². The Bertz CT molecular complexity index is 678. The van der Waals surface area contributed by atoms with Crippen LogP contribution in [-0.2, 0) is 11.2 Å². The average Bonchev–Trinajstić information content (AvgIpc) is 3.07. The zero-order valence-electron chi connectivity index (χ0n) is 13.5. The Kier molecular flexibility index (Phi) is 5.70. The highest BCUT2D eigenvalue weighted by Crippen LogP contribution is 2.25. The number of benzene rings is 1. The Labute approximate surface area is 147 Å². The van der Waals surface area contributed by atoms with Gasteiger partial charge in [-0.05, 0) is 18.4 Å². The lowest BCUT2D eigenvalue weighted by Gasteiger charge is -2.17. The van der Waals surface area contributed by atoms with Crippen LogP contribution in [0.4, 0.5) is 0 Å². The van der Waals surface area contributed by atoms with Crippen molar-refractivity contribution in [2.24, 2.45) is 0 Å². The van der Waals surface area contributed by atoms with Gasteiger partial charge >= 0.3 is 0 Å². The summed E-state index contributed by atoms with van der Waals surface area (Å²) in [7, 11) is 0. The van der Waals surface area contributed by atoms with E-state index in [1.807, 2.05) is 23.1 Å². The number of pyridine rings is 1. The molecule has 1 fully saturated rings. The molecule has 1 unspecified atom stereocenters. The first-order valence-electron chi connectivity index (χ1n) is 8.30. The van der Waals surface area contributed by atoms with E-state index in [4.69, 9.17) is 16.3 Å². The van der Waals surface area contributed by atoms with Crippen molar-refractivity contribution in [1.82, 2.24) is 9.88 Å². The quantitative estimate of drug-likeness (QED) is 0.801. The van der Waals surface area contributed by atoms with Crippen LogP contribution in [-0.4, -0.2) is 35.0 Å². The molecule has 0 aliphatic carbocycles. The van der Waals surface area contributed by atoms with E-state index in [0.717, 1.165) is 25.8 Å². The number of aromatic nitrogens is 1. The van der Waals surface area contributed by atoms with Crippen LogP contribution in [0.2, 0.25) is 5.02 Å². The van der Waals surface area contributed by atoms with Gasteiger partial charge in [-0.15, -0.1) is 0 Å². The fourth-order valence-corrected chi connectivity index (χ4v) is 3.10. The summed E-state index contributed by atoms with van der Waals surface area (Å²) in [5.41, 5.74) is 1.28. The monoisotopic (exact) mass is 344 g/mol. The van der Waals surface area contributed by atoms with Crippen LogP contribution in [0.25, 0.3) is 0 Å². The Hall–Kier alpha value is -2.07. The predicted molar refractivity (Wildman–Crippen MR) is 94.2 cm³/mol. The SMILES string of the molecule is O=C(CCCc1ccccc1)N1CCC(Oc2ccncc2Cl)C1. The van der Waals surface area contributed by atoms with Crippen LogP contribution in [0.5, 0.6) is 5.75 Å². The van der Waals surface area contributed by atoms with Crippen molar-refractivity contribution in [3.63, 3.8) is 0 Å². The third-order valence-electron chi connectivity index (χ3n) is 4.23. The number of likely N-dealkylation sites (tertiary alicyclic amines) is 1. The van der Waals surface area contributed by atoms with E-state index in [9.17, 15) is 4.79 Å². The van der Waals surface area contributed by atoms with Crippen molar-refractivity contribution in [2.75, 3.05) is 13.1 Å². The Morgan fingerprint density at radius 3 is 2.92 bits per heavy atom. The minimum atomic E-state index is 0.00275. The molecule has 0 saturated carbocycles. The van der Waals surface area contributed by atoms with Gasteiger partial charge in [-0.25, -0.2) is 0 Å². The summed E-state index contributed by atoms with van der Waals surface area (Å²) in [4.78, 5) is 18.2. The molecular weight excluding hydrogens is 324 g/mol. The van der Waals surface area contributed by atoms with Gasteiger partial charge in [0.05, 0.1) is 6.54 Å². The Balaban J connectivity index is 1.43.